The monoisotopic (exact) mass is 432 g/mol. The maximum atomic E-state index is 13.5. The molecule has 1 heterocycles. The van der Waals surface area contributed by atoms with Crippen LogP contribution in [0.3, 0.4) is 0 Å². The molecule has 0 saturated heterocycles. The minimum Gasteiger partial charge on any atom is -0.350 e. The van der Waals surface area contributed by atoms with E-state index in [-0.39, 0.29) is 23.6 Å². The number of amides is 2. The quantitative estimate of drug-likeness (QED) is 0.557. The number of halogens is 2. The van der Waals surface area contributed by atoms with Crippen LogP contribution in [-0.4, -0.2) is 23.3 Å². The molecule has 0 saturated carbocycles. The fourth-order valence-corrected chi connectivity index (χ4v) is 3.63. The number of carbonyl (C=O) groups is 2. The van der Waals surface area contributed by atoms with E-state index < -0.39 is 17.6 Å². The molecule has 2 amide bonds. The number of aryl methyl sites for hydroxylation is 2. The van der Waals surface area contributed by atoms with Gasteiger partial charge >= 0.3 is 0 Å². The number of imide groups is 1. The normalized spacial score (nSPS) is 13.8. The highest BCUT2D eigenvalue weighted by Crippen LogP contribution is 2.31. The highest BCUT2D eigenvalue weighted by molar-refractivity contribution is 6.36. The molecule has 0 radical (unpaired) electrons. The number of anilines is 1. The second-order valence-corrected chi connectivity index (χ2v) is 7.82. The lowest BCUT2D eigenvalue weighted by molar-refractivity contribution is -0.136. The molecule has 32 heavy (non-hydrogen) atoms. The average molecular weight is 432 g/mol. The molecule has 0 aliphatic carbocycles. The first-order chi connectivity index (χ1) is 15.3. The van der Waals surface area contributed by atoms with Gasteiger partial charge in [0.1, 0.15) is 17.3 Å². The molecule has 0 spiro atoms. The molecule has 1 N–H and O–H groups in total. The van der Waals surface area contributed by atoms with E-state index in [4.69, 9.17) is 0 Å². The Morgan fingerprint density at radius 1 is 0.781 bits per heavy atom. The second kappa shape index (κ2) is 8.75. The predicted octanol–water partition coefficient (Wildman–Crippen LogP) is 5.02. The SMILES string of the molecule is Cc1ccc(NC2=C(c3ccc(F)cc3)C(=O)N(CCc3ccc(F)cc3)C2=O)cc1C. The molecule has 0 aromatic heterocycles. The van der Waals surface area contributed by atoms with Gasteiger partial charge in [0.2, 0.25) is 0 Å². The minimum atomic E-state index is -0.449. The van der Waals surface area contributed by atoms with Crippen LogP contribution in [0.15, 0.2) is 72.4 Å². The van der Waals surface area contributed by atoms with Crippen molar-refractivity contribution in [3.63, 3.8) is 0 Å². The van der Waals surface area contributed by atoms with Crippen LogP contribution in [0.1, 0.15) is 22.3 Å². The highest BCUT2D eigenvalue weighted by atomic mass is 19.1. The molecular weight excluding hydrogens is 410 g/mol. The lowest BCUT2D eigenvalue weighted by atomic mass is 10.0. The zero-order valence-electron chi connectivity index (χ0n) is 17.8. The Kier molecular flexibility index (Phi) is 5.86. The third kappa shape index (κ3) is 4.30. The summed E-state index contributed by atoms with van der Waals surface area (Å²) < 4.78 is 26.6. The lowest BCUT2D eigenvalue weighted by Gasteiger charge is -2.15. The molecule has 1 aliphatic heterocycles. The maximum Gasteiger partial charge on any atom is 0.278 e. The molecule has 4 rings (SSSR count). The van der Waals surface area contributed by atoms with Crippen molar-refractivity contribution in [3.05, 3.63) is 106 Å². The van der Waals surface area contributed by atoms with Gasteiger partial charge in [-0.1, -0.05) is 30.3 Å². The Hall–Kier alpha value is -3.80. The van der Waals surface area contributed by atoms with Gasteiger partial charge in [-0.2, -0.15) is 0 Å². The Morgan fingerprint density at radius 2 is 1.41 bits per heavy atom. The van der Waals surface area contributed by atoms with E-state index >= 15 is 0 Å². The first-order valence-electron chi connectivity index (χ1n) is 10.3. The van der Waals surface area contributed by atoms with Crippen LogP contribution in [0.25, 0.3) is 5.57 Å². The van der Waals surface area contributed by atoms with Gasteiger partial charge < -0.3 is 5.32 Å². The summed E-state index contributed by atoms with van der Waals surface area (Å²) >= 11 is 0. The van der Waals surface area contributed by atoms with E-state index in [1.165, 1.54) is 41.3 Å². The van der Waals surface area contributed by atoms with E-state index in [2.05, 4.69) is 5.32 Å². The summed E-state index contributed by atoms with van der Waals surface area (Å²) in [5.74, 6) is -1.67. The van der Waals surface area contributed by atoms with E-state index in [9.17, 15) is 18.4 Å². The molecule has 4 nitrogen and oxygen atoms in total. The van der Waals surface area contributed by atoms with Crippen molar-refractivity contribution in [2.24, 2.45) is 0 Å². The molecular formula is C26H22F2N2O2. The summed E-state index contributed by atoms with van der Waals surface area (Å²) in [6.45, 7) is 4.10. The first kappa shape index (κ1) is 21.4. The lowest BCUT2D eigenvalue weighted by Crippen LogP contribution is -2.34. The minimum absolute atomic E-state index is 0.145. The average Bonchev–Trinajstić information content (AvgIpc) is 3.00. The first-order valence-corrected chi connectivity index (χ1v) is 10.3. The predicted molar refractivity (Wildman–Crippen MR) is 120 cm³/mol. The second-order valence-electron chi connectivity index (χ2n) is 7.82. The summed E-state index contributed by atoms with van der Waals surface area (Å²) in [6.07, 6.45) is 0.394. The van der Waals surface area contributed by atoms with Gasteiger partial charge in [0.25, 0.3) is 11.8 Å². The van der Waals surface area contributed by atoms with Crippen molar-refractivity contribution in [3.8, 4) is 0 Å². The number of hydrogen-bond donors (Lipinski definition) is 1. The third-order valence-corrected chi connectivity index (χ3v) is 5.61. The zero-order chi connectivity index (χ0) is 22.8. The third-order valence-electron chi connectivity index (χ3n) is 5.61. The van der Waals surface area contributed by atoms with Gasteiger partial charge in [-0.3, -0.25) is 14.5 Å². The van der Waals surface area contributed by atoms with E-state index in [0.29, 0.717) is 17.7 Å². The molecule has 6 heteroatoms. The highest BCUT2D eigenvalue weighted by Gasteiger charge is 2.39. The van der Waals surface area contributed by atoms with Crippen LogP contribution in [0.5, 0.6) is 0 Å². The molecule has 0 atom stereocenters. The number of nitrogens with zero attached hydrogens (tertiary/aromatic N) is 1. The molecule has 3 aromatic rings. The van der Waals surface area contributed by atoms with E-state index in [1.54, 1.807) is 12.1 Å². The van der Waals surface area contributed by atoms with E-state index in [1.807, 2.05) is 32.0 Å². The molecule has 1 aliphatic rings. The molecule has 0 bridgehead atoms. The number of benzene rings is 3. The summed E-state index contributed by atoms with van der Waals surface area (Å²) in [4.78, 5) is 27.7. The van der Waals surface area contributed by atoms with Gasteiger partial charge in [-0.15, -0.1) is 0 Å². The van der Waals surface area contributed by atoms with Crippen LogP contribution < -0.4 is 5.32 Å². The van der Waals surface area contributed by atoms with Crippen molar-refractivity contribution in [1.29, 1.82) is 0 Å². The van der Waals surface area contributed by atoms with Crippen LogP contribution >= 0.6 is 0 Å². The smallest absolute Gasteiger partial charge is 0.278 e. The summed E-state index contributed by atoms with van der Waals surface area (Å²) in [6, 6.07) is 17.1. The Balaban J connectivity index is 1.66. The molecule has 0 unspecified atom stereocenters. The van der Waals surface area contributed by atoms with Crippen molar-refractivity contribution >= 4 is 23.1 Å². The number of carbonyl (C=O) groups excluding carboxylic acids is 2. The topological polar surface area (TPSA) is 49.4 Å². The largest absolute Gasteiger partial charge is 0.350 e. The van der Waals surface area contributed by atoms with Crippen molar-refractivity contribution in [2.75, 3.05) is 11.9 Å². The van der Waals surface area contributed by atoms with Crippen molar-refractivity contribution in [2.45, 2.75) is 20.3 Å². The summed E-state index contributed by atoms with van der Waals surface area (Å²) in [5, 5.41) is 3.11. The van der Waals surface area contributed by atoms with Gasteiger partial charge in [-0.25, -0.2) is 8.78 Å². The van der Waals surface area contributed by atoms with Crippen molar-refractivity contribution < 1.29 is 18.4 Å². The van der Waals surface area contributed by atoms with Gasteiger partial charge in [-0.05, 0) is 78.9 Å². The van der Waals surface area contributed by atoms with E-state index in [0.717, 1.165) is 16.7 Å². The number of nitrogens with one attached hydrogen (secondary N) is 1. The van der Waals surface area contributed by atoms with Crippen molar-refractivity contribution in [1.82, 2.24) is 4.90 Å². The number of rotatable bonds is 6. The van der Waals surface area contributed by atoms with Gasteiger partial charge in [0.15, 0.2) is 0 Å². The fourth-order valence-electron chi connectivity index (χ4n) is 3.63. The molecule has 0 fully saturated rings. The standard InChI is InChI=1S/C26H22F2N2O2/c1-16-3-12-22(15-17(16)2)29-24-23(19-6-10-21(28)11-7-19)25(31)30(26(24)32)14-13-18-4-8-20(27)9-5-18/h3-12,15,29H,13-14H2,1-2H3. The maximum absolute atomic E-state index is 13.5. The summed E-state index contributed by atoms with van der Waals surface area (Å²) in [7, 11) is 0. The van der Waals surface area contributed by atoms with Crippen LogP contribution in [-0.2, 0) is 16.0 Å². The Bertz CT molecular complexity index is 1220. The number of hydrogen-bond acceptors (Lipinski definition) is 3. The summed E-state index contributed by atoms with van der Waals surface area (Å²) in [5.41, 5.74) is 4.47. The molecule has 3 aromatic carbocycles. The van der Waals surface area contributed by atoms with Crippen LogP contribution in [0.4, 0.5) is 14.5 Å². The fraction of sp³-hybridized carbons (Fsp3) is 0.154. The Morgan fingerprint density at radius 3 is 2.03 bits per heavy atom. The zero-order valence-corrected chi connectivity index (χ0v) is 17.8. The molecule has 162 valence electrons. The van der Waals surface area contributed by atoms with Crippen LogP contribution in [0.2, 0.25) is 0 Å². The van der Waals surface area contributed by atoms with Crippen LogP contribution in [0, 0.1) is 25.5 Å². The van der Waals surface area contributed by atoms with Gasteiger partial charge in [0.05, 0.1) is 5.57 Å². The Labute approximate surface area is 185 Å². The van der Waals surface area contributed by atoms with Gasteiger partial charge in [0, 0.05) is 12.2 Å².